The molecule has 2 heterocycles. The summed E-state index contributed by atoms with van der Waals surface area (Å²) in [6.07, 6.45) is 4.67. The van der Waals surface area contributed by atoms with E-state index in [0.717, 1.165) is 37.9 Å². The van der Waals surface area contributed by atoms with Gasteiger partial charge in [0.05, 0.1) is 27.6 Å². The molecule has 0 amide bonds. The number of hydrogen-bond acceptors (Lipinski definition) is 6. The van der Waals surface area contributed by atoms with Crippen LogP contribution in [0.5, 0.6) is 17.2 Å². The predicted molar refractivity (Wildman–Crippen MR) is 104 cm³/mol. The van der Waals surface area contributed by atoms with E-state index in [4.69, 9.17) is 14.2 Å². The number of sulfonamides is 1. The van der Waals surface area contributed by atoms with Gasteiger partial charge in [0.2, 0.25) is 15.8 Å². The molecule has 0 bridgehead atoms. The lowest BCUT2D eigenvalue weighted by atomic mass is 9.98. The molecule has 0 spiro atoms. The Morgan fingerprint density at radius 1 is 1.04 bits per heavy atom. The van der Waals surface area contributed by atoms with Gasteiger partial charge in [-0.2, -0.15) is 0 Å². The molecule has 3 rings (SSSR count). The molecule has 0 saturated carbocycles. The van der Waals surface area contributed by atoms with Gasteiger partial charge in [-0.1, -0.05) is 6.42 Å². The molecular formula is C19H30N2O5S. The molecule has 27 heavy (non-hydrogen) atoms. The highest BCUT2D eigenvalue weighted by Crippen LogP contribution is 2.39. The van der Waals surface area contributed by atoms with E-state index in [1.165, 1.54) is 6.26 Å². The molecule has 1 aromatic rings. The summed E-state index contributed by atoms with van der Waals surface area (Å²) in [6.45, 7) is 2.91. The summed E-state index contributed by atoms with van der Waals surface area (Å²) >= 11 is 0. The lowest BCUT2D eigenvalue weighted by Crippen LogP contribution is -2.40. The predicted octanol–water partition coefficient (Wildman–Crippen LogP) is 1.96. The summed E-state index contributed by atoms with van der Waals surface area (Å²) in [5.41, 5.74) is 1.07. The van der Waals surface area contributed by atoms with Crippen molar-refractivity contribution in [1.29, 1.82) is 0 Å². The van der Waals surface area contributed by atoms with E-state index in [-0.39, 0.29) is 6.04 Å². The molecule has 2 saturated heterocycles. The van der Waals surface area contributed by atoms with Crippen LogP contribution in [0.15, 0.2) is 12.1 Å². The Morgan fingerprint density at radius 3 is 2.26 bits per heavy atom. The highest BCUT2D eigenvalue weighted by atomic mass is 32.2. The number of fused-ring (bicyclic) bond motifs is 1. The van der Waals surface area contributed by atoms with Crippen molar-refractivity contribution in [3.63, 3.8) is 0 Å². The van der Waals surface area contributed by atoms with Crippen LogP contribution < -0.4 is 14.2 Å². The number of rotatable bonds is 6. The van der Waals surface area contributed by atoms with E-state index >= 15 is 0 Å². The Labute approximate surface area is 162 Å². The Balaban J connectivity index is 1.85. The van der Waals surface area contributed by atoms with Crippen molar-refractivity contribution in [3.8, 4) is 17.2 Å². The van der Waals surface area contributed by atoms with Crippen LogP contribution in [0.4, 0.5) is 0 Å². The summed E-state index contributed by atoms with van der Waals surface area (Å²) in [5.74, 6) is 2.26. The van der Waals surface area contributed by atoms with E-state index < -0.39 is 10.0 Å². The van der Waals surface area contributed by atoms with Crippen LogP contribution in [0.25, 0.3) is 0 Å². The van der Waals surface area contributed by atoms with Crippen molar-refractivity contribution in [1.82, 2.24) is 9.21 Å². The maximum atomic E-state index is 12.0. The maximum Gasteiger partial charge on any atom is 0.211 e. The summed E-state index contributed by atoms with van der Waals surface area (Å²) in [5, 5.41) is 0. The van der Waals surface area contributed by atoms with Crippen molar-refractivity contribution >= 4 is 10.0 Å². The largest absolute Gasteiger partial charge is 0.493 e. The van der Waals surface area contributed by atoms with Gasteiger partial charge in [-0.05, 0) is 43.0 Å². The van der Waals surface area contributed by atoms with E-state index in [2.05, 4.69) is 4.90 Å². The minimum Gasteiger partial charge on any atom is -0.493 e. The second kappa shape index (κ2) is 8.24. The van der Waals surface area contributed by atoms with E-state index in [1.54, 1.807) is 25.6 Å². The highest BCUT2D eigenvalue weighted by molar-refractivity contribution is 7.88. The monoisotopic (exact) mass is 398 g/mol. The second-order valence-corrected chi connectivity index (χ2v) is 9.39. The van der Waals surface area contributed by atoms with Crippen molar-refractivity contribution < 1.29 is 22.6 Å². The van der Waals surface area contributed by atoms with Gasteiger partial charge in [0, 0.05) is 25.7 Å². The first kappa shape index (κ1) is 20.2. The minimum absolute atomic E-state index is 0.251. The van der Waals surface area contributed by atoms with E-state index in [0.29, 0.717) is 36.3 Å². The van der Waals surface area contributed by atoms with Gasteiger partial charge in [0.1, 0.15) is 0 Å². The van der Waals surface area contributed by atoms with Gasteiger partial charge in [-0.3, -0.25) is 4.90 Å². The highest BCUT2D eigenvalue weighted by Gasteiger charge is 2.40. The third-order valence-electron chi connectivity index (χ3n) is 5.69. The number of nitrogens with zero attached hydrogens (tertiary/aromatic N) is 2. The Kier molecular flexibility index (Phi) is 6.18. The van der Waals surface area contributed by atoms with E-state index in [9.17, 15) is 8.42 Å². The molecule has 152 valence electrons. The molecule has 1 aromatic carbocycles. The van der Waals surface area contributed by atoms with Crippen LogP contribution >= 0.6 is 0 Å². The SMILES string of the molecule is COc1cc(CN2CCCC[C@H]3CN(S(C)(=O)=O)C[C@H]32)cc(OC)c1OC. The fraction of sp³-hybridized carbons (Fsp3) is 0.684. The topological polar surface area (TPSA) is 68.3 Å². The zero-order valence-corrected chi connectivity index (χ0v) is 17.4. The third kappa shape index (κ3) is 4.33. The van der Waals surface area contributed by atoms with Crippen molar-refractivity contribution in [2.75, 3.05) is 47.2 Å². The minimum atomic E-state index is -3.15. The van der Waals surface area contributed by atoms with Crippen molar-refractivity contribution in [3.05, 3.63) is 17.7 Å². The van der Waals surface area contributed by atoms with Gasteiger partial charge in [-0.25, -0.2) is 12.7 Å². The summed E-state index contributed by atoms with van der Waals surface area (Å²) in [6, 6.07) is 4.20. The molecule has 0 aliphatic carbocycles. The normalized spacial score (nSPS) is 24.3. The Hall–Kier alpha value is -1.51. The van der Waals surface area contributed by atoms with Crippen LogP contribution in [-0.4, -0.2) is 70.9 Å². The van der Waals surface area contributed by atoms with Gasteiger partial charge < -0.3 is 14.2 Å². The molecule has 8 heteroatoms. The zero-order valence-electron chi connectivity index (χ0n) is 16.6. The number of methoxy groups -OCH3 is 3. The summed E-state index contributed by atoms with van der Waals surface area (Å²) in [7, 11) is 1.68. The summed E-state index contributed by atoms with van der Waals surface area (Å²) < 4.78 is 42.0. The molecule has 0 N–H and O–H groups in total. The average molecular weight is 399 g/mol. The van der Waals surface area contributed by atoms with Crippen LogP contribution in [-0.2, 0) is 16.6 Å². The van der Waals surface area contributed by atoms with Gasteiger partial charge in [-0.15, -0.1) is 0 Å². The molecule has 7 nitrogen and oxygen atoms in total. The molecule has 2 aliphatic rings. The van der Waals surface area contributed by atoms with Crippen LogP contribution in [0.1, 0.15) is 24.8 Å². The van der Waals surface area contributed by atoms with Gasteiger partial charge in [0.25, 0.3) is 0 Å². The first-order valence-electron chi connectivity index (χ1n) is 9.35. The van der Waals surface area contributed by atoms with Crippen LogP contribution in [0.2, 0.25) is 0 Å². The van der Waals surface area contributed by atoms with Crippen LogP contribution in [0, 0.1) is 5.92 Å². The van der Waals surface area contributed by atoms with Crippen LogP contribution in [0.3, 0.4) is 0 Å². The van der Waals surface area contributed by atoms with Crippen molar-refractivity contribution in [2.24, 2.45) is 5.92 Å². The van der Waals surface area contributed by atoms with E-state index in [1.807, 2.05) is 12.1 Å². The number of benzene rings is 1. The number of hydrogen-bond donors (Lipinski definition) is 0. The smallest absolute Gasteiger partial charge is 0.211 e. The lowest BCUT2D eigenvalue weighted by Gasteiger charge is -2.30. The second-order valence-electron chi connectivity index (χ2n) is 7.41. The molecule has 0 unspecified atom stereocenters. The van der Waals surface area contributed by atoms with Gasteiger partial charge in [0.15, 0.2) is 11.5 Å². The molecule has 0 aromatic heterocycles. The first-order valence-corrected chi connectivity index (χ1v) is 11.2. The Morgan fingerprint density at radius 2 is 1.70 bits per heavy atom. The average Bonchev–Trinajstić information content (AvgIpc) is 2.99. The third-order valence-corrected chi connectivity index (χ3v) is 6.93. The maximum absolute atomic E-state index is 12.0. The first-order chi connectivity index (χ1) is 12.9. The quantitative estimate of drug-likeness (QED) is 0.730. The zero-order chi connectivity index (χ0) is 19.6. The number of likely N-dealkylation sites (tertiary alicyclic amines) is 1. The molecule has 2 fully saturated rings. The molecule has 2 aliphatic heterocycles. The molecule has 2 atom stereocenters. The van der Waals surface area contributed by atoms with Gasteiger partial charge >= 0.3 is 0 Å². The Bertz CT molecular complexity index is 742. The standard InChI is InChI=1S/C19H30N2O5S/c1-24-17-9-14(10-18(25-2)19(17)26-3)11-20-8-6-5-7-15-12-21(13-16(15)20)27(4,22)23/h9-10,15-16H,5-8,11-13H2,1-4H3/t15-,16+/m0/s1. The molecule has 0 radical (unpaired) electrons. The molecular weight excluding hydrogens is 368 g/mol. The lowest BCUT2D eigenvalue weighted by molar-refractivity contribution is 0.176. The fourth-order valence-corrected chi connectivity index (χ4v) is 5.21. The fourth-order valence-electron chi connectivity index (χ4n) is 4.33. The number of ether oxygens (including phenoxy) is 3. The van der Waals surface area contributed by atoms with Crippen molar-refractivity contribution in [2.45, 2.75) is 31.8 Å². The summed E-state index contributed by atoms with van der Waals surface area (Å²) in [4.78, 5) is 2.42.